The predicted molar refractivity (Wildman–Crippen MR) is 80.8 cm³/mol. The molecule has 1 heterocycles. The van der Waals surface area contributed by atoms with E-state index in [0.717, 1.165) is 0 Å². The molecule has 116 valence electrons. The Labute approximate surface area is 134 Å². The highest BCUT2D eigenvalue weighted by Gasteiger charge is 2.30. The number of hydrogen-bond donors (Lipinski definition) is 2. The van der Waals surface area contributed by atoms with Crippen LogP contribution in [0, 0.1) is 0 Å². The van der Waals surface area contributed by atoms with Gasteiger partial charge >= 0.3 is 0 Å². The molecule has 2 rings (SSSR count). The molecule has 8 heteroatoms. The van der Waals surface area contributed by atoms with Crippen molar-refractivity contribution in [2.45, 2.75) is 12.5 Å². The summed E-state index contributed by atoms with van der Waals surface area (Å²) in [6.45, 7) is 2.56. The fraction of sp³-hybridized carbons (Fsp3) is 0.500. The van der Waals surface area contributed by atoms with Gasteiger partial charge in [-0.1, -0.05) is 17.7 Å². The van der Waals surface area contributed by atoms with Crippen LogP contribution < -0.4 is 5.32 Å². The molecule has 0 amide bonds. The summed E-state index contributed by atoms with van der Waals surface area (Å²) in [6, 6.07) is 3.30. The Morgan fingerprint density at radius 3 is 2.30 bits per heavy atom. The average molecular weight is 350 g/mol. The van der Waals surface area contributed by atoms with Gasteiger partial charge in [-0.25, -0.2) is 8.78 Å². The van der Waals surface area contributed by atoms with Crippen molar-refractivity contribution in [1.29, 1.82) is 0 Å². The first kappa shape index (κ1) is 19.7. The SMILES string of the molecule is Cl.Cl.Oc1ccc([C@H](C(F)F)N2CCNCC2)cc1Cl. The van der Waals surface area contributed by atoms with Gasteiger partial charge in [0.25, 0.3) is 6.43 Å². The monoisotopic (exact) mass is 348 g/mol. The zero-order valence-corrected chi connectivity index (χ0v) is 12.9. The molecule has 0 saturated carbocycles. The van der Waals surface area contributed by atoms with E-state index < -0.39 is 12.5 Å². The Kier molecular flexibility index (Phi) is 8.70. The summed E-state index contributed by atoms with van der Waals surface area (Å²) < 4.78 is 26.5. The van der Waals surface area contributed by atoms with Gasteiger partial charge in [-0.2, -0.15) is 0 Å². The number of piperazine rings is 1. The number of hydrogen-bond acceptors (Lipinski definition) is 3. The Bertz CT molecular complexity index is 418. The Morgan fingerprint density at radius 2 is 1.80 bits per heavy atom. The third-order valence-corrected chi connectivity index (χ3v) is 3.40. The summed E-state index contributed by atoms with van der Waals surface area (Å²) in [5, 5.41) is 12.6. The zero-order valence-electron chi connectivity index (χ0n) is 10.6. The zero-order chi connectivity index (χ0) is 13.1. The molecule has 1 aromatic carbocycles. The van der Waals surface area contributed by atoms with Gasteiger partial charge in [-0.05, 0) is 17.7 Å². The number of rotatable bonds is 3. The molecule has 2 N–H and O–H groups in total. The van der Waals surface area contributed by atoms with E-state index in [1.165, 1.54) is 18.2 Å². The van der Waals surface area contributed by atoms with Gasteiger partial charge in [-0.15, -0.1) is 24.8 Å². The van der Waals surface area contributed by atoms with Gasteiger partial charge in [0, 0.05) is 26.2 Å². The van der Waals surface area contributed by atoms with Crippen LogP contribution in [-0.2, 0) is 0 Å². The lowest BCUT2D eigenvalue weighted by Crippen LogP contribution is -2.46. The molecule has 0 aromatic heterocycles. The van der Waals surface area contributed by atoms with Crippen LogP contribution in [-0.4, -0.2) is 42.6 Å². The van der Waals surface area contributed by atoms with Crippen molar-refractivity contribution >= 4 is 36.4 Å². The molecule has 3 nitrogen and oxygen atoms in total. The van der Waals surface area contributed by atoms with Gasteiger partial charge in [0.15, 0.2) is 0 Å². The summed E-state index contributed by atoms with van der Waals surface area (Å²) >= 11 is 5.78. The van der Waals surface area contributed by atoms with E-state index in [9.17, 15) is 13.9 Å². The third-order valence-electron chi connectivity index (χ3n) is 3.10. The fourth-order valence-corrected chi connectivity index (χ4v) is 2.37. The van der Waals surface area contributed by atoms with Crippen LogP contribution in [0.15, 0.2) is 18.2 Å². The van der Waals surface area contributed by atoms with Crippen LogP contribution in [0.3, 0.4) is 0 Å². The molecule has 0 bridgehead atoms. The Balaban J connectivity index is 0.00000180. The Hall–Kier alpha value is -0.330. The summed E-state index contributed by atoms with van der Waals surface area (Å²) in [6.07, 6.45) is -2.48. The molecule has 1 aliphatic heterocycles. The maximum absolute atomic E-state index is 13.2. The second-order valence-corrected chi connectivity index (χ2v) is 4.68. The minimum Gasteiger partial charge on any atom is -0.506 e. The van der Waals surface area contributed by atoms with Crippen LogP contribution in [0.4, 0.5) is 8.78 Å². The number of phenols is 1. The van der Waals surface area contributed by atoms with Gasteiger partial charge < -0.3 is 10.4 Å². The fourth-order valence-electron chi connectivity index (χ4n) is 2.18. The van der Waals surface area contributed by atoms with Crippen molar-refractivity contribution in [3.63, 3.8) is 0 Å². The van der Waals surface area contributed by atoms with Crippen molar-refractivity contribution in [1.82, 2.24) is 10.2 Å². The smallest absolute Gasteiger partial charge is 0.258 e. The molecule has 1 fully saturated rings. The highest BCUT2D eigenvalue weighted by atomic mass is 35.5. The number of nitrogens with one attached hydrogen (secondary N) is 1. The van der Waals surface area contributed by atoms with Crippen molar-refractivity contribution in [2.24, 2.45) is 0 Å². The number of alkyl halides is 2. The summed E-state index contributed by atoms with van der Waals surface area (Å²) in [7, 11) is 0. The quantitative estimate of drug-likeness (QED) is 0.880. The molecule has 1 aromatic rings. The predicted octanol–water partition coefficient (Wildman–Crippen LogP) is 3.10. The first-order chi connectivity index (χ1) is 8.59. The molecule has 0 aliphatic carbocycles. The first-order valence-electron chi connectivity index (χ1n) is 5.81. The normalized spacial score (nSPS) is 17.2. The molecular weight excluding hydrogens is 332 g/mol. The molecule has 1 atom stereocenters. The van der Waals surface area contributed by atoms with E-state index in [2.05, 4.69) is 5.32 Å². The topological polar surface area (TPSA) is 35.5 Å². The average Bonchev–Trinajstić information content (AvgIpc) is 2.35. The van der Waals surface area contributed by atoms with Crippen LogP contribution in [0.25, 0.3) is 0 Å². The summed E-state index contributed by atoms with van der Waals surface area (Å²) in [4.78, 5) is 1.74. The van der Waals surface area contributed by atoms with E-state index in [4.69, 9.17) is 11.6 Å². The van der Waals surface area contributed by atoms with Crippen molar-refractivity contribution in [3.05, 3.63) is 28.8 Å². The Morgan fingerprint density at radius 1 is 1.20 bits per heavy atom. The van der Waals surface area contributed by atoms with Crippen molar-refractivity contribution < 1.29 is 13.9 Å². The van der Waals surface area contributed by atoms with E-state index in [-0.39, 0.29) is 35.6 Å². The van der Waals surface area contributed by atoms with E-state index in [0.29, 0.717) is 31.7 Å². The number of aromatic hydroxyl groups is 1. The maximum Gasteiger partial charge on any atom is 0.258 e. The lowest BCUT2D eigenvalue weighted by Gasteiger charge is -2.34. The van der Waals surface area contributed by atoms with Crippen LogP contribution in [0.5, 0.6) is 5.75 Å². The van der Waals surface area contributed by atoms with Gasteiger partial charge in [0.05, 0.1) is 11.1 Å². The highest BCUT2D eigenvalue weighted by Crippen LogP contribution is 2.32. The number of phenolic OH excluding ortho intramolecular Hbond substituents is 1. The molecule has 20 heavy (non-hydrogen) atoms. The van der Waals surface area contributed by atoms with Crippen molar-refractivity contribution in [2.75, 3.05) is 26.2 Å². The van der Waals surface area contributed by atoms with E-state index >= 15 is 0 Å². The standard InChI is InChI=1S/C12H15ClF2N2O.2ClH/c13-9-7-8(1-2-10(9)18)11(12(14)15)17-5-3-16-4-6-17;;/h1-2,7,11-12,16,18H,3-6H2;2*1H/t11-;;/m1../s1. The molecule has 0 unspecified atom stereocenters. The van der Waals surface area contributed by atoms with Crippen molar-refractivity contribution in [3.8, 4) is 5.75 Å². The van der Waals surface area contributed by atoms with E-state index in [1.807, 2.05) is 0 Å². The van der Waals surface area contributed by atoms with Crippen LogP contribution in [0.2, 0.25) is 5.02 Å². The first-order valence-corrected chi connectivity index (χ1v) is 6.18. The van der Waals surface area contributed by atoms with Crippen LogP contribution >= 0.6 is 36.4 Å². The molecule has 1 aliphatic rings. The number of nitrogens with zero attached hydrogens (tertiary/aromatic N) is 1. The summed E-state index contributed by atoms with van der Waals surface area (Å²) in [5.41, 5.74) is 0.440. The second-order valence-electron chi connectivity index (χ2n) is 4.28. The molecule has 0 spiro atoms. The third kappa shape index (κ3) is 4.60. The largest absolute Gasteiger partial charge is 0.506 e. The lowest BCUT2D eigenvalue weighted by atomic mass is 10.0. The number of halogens is 5. The van der Waals surface area contributed by atoms with Gasteiger partial charge in [0.2, 0.25) is 0 Å². The minimum absolute atomic E-state index is 0. The maximum atomic E-state index is 13.2. The van der Waals surface area contributed by atoms with Gasteiger partial charge in [-0.3, -0.25) is 4.90 Å². The molecule has 0 radical (unpaired) electrons. The second kappa shape index (κ2) is 8.85. The molecular formula is C12H17Cl3F2N2O. The highest BCUT2D eigenvalue weighted by molar-refractivity contribution is 6.32. The lowest BCUT2D eigenvalue weighted by molar-refractivity contribution is 0.0181. The summed E-state index contributed by atoms with van der Waals surface area (Å²) in [5.74, 6) is -0.0891. The molecule has 1 saturated heterocycles. The van der Waals surface area contributed by atoms with E-state index in [1.54, 1.807) is 4.90 Å². The van der Waals surface area contributed by atoms with Gasteiger partial charge in [0.1, 0.15) is 5.75 Å². The van der Waals surface area contributed by atoms with Crippen LogP contribution in [0.1, 0.15) is 11.6 Å². The number of benzene rings is 1. The minimum atomic E-state index is -2.48.